The topological polar surface area (TPSA) is 40.7 Å². The lowest BCUT2D eigenvalue weighted by atomic mass is 9.48. The van der Waals surface area contributed by atoms with E-state index in [4.69, 9.17) is 0 Å². The molecule has 0 saturated heterocycles. The largest absolute Gasteiger partial charge is 0.348 e. The van der Waals surface area contributed by atoms with Crippen LogP contribution < -0.4 is 5.32 Å². The highest BCUT2D eigenvalue weighted by atomic mass is 15.0. The molecule has 1 aromatic heterocycles. The summed E-state index contributed by atoms with van der Waals surface area (Å²) in [6, 6.07) is 0.631. The smallest absolute Gasteiger partial charge is 0.120 e. The number of nitrogens with one attached hydrogen (secondary N) is 2. The van der Waals surface area contributed by atoms with E-state index in [0.29, 0.717) is 11.5 Å². The fraction of sp³-hybridized carbons (Fsp3) is 0.812. The van der Waals surface area contributed by atoms with Gasteiger partial charge in [-0.3, -0.25) is 0 Å². The molecule has 4 saturated carbocycles. The van der Waals surface area contributed by atoms with Gasteiger partial charge < -0.3 is 10.3 Å². The quantitative estimate of drug-likeness (QED) is 0.872. The number of hydrogen-bond donors (Lipinski definition) is 2. The molecule has 2 N–H and O–H groups in total. The van der Waals surface area contributed by atoms with Crippen molar-refractivity contribution in [3.8, 4) is 0 Å². The van der Waals surface area contributed by atoms with Crippen molar-refractivity contribution >= 4 is 0 Å². The molecule has 0 amide bonds. The number of nitrogens with zero attached hydrogens (tertiary/aromatic N) is 1. The first-order chi connectivity index (χ1) is 9.23. The summed E-state index contributed by atoms with van der Waals surface area (Å²) in [7, 11) is 0. The lowest BCUT2D eigenvalue weighted by Crippen LogP contribution is -2.54. The van der Waals surface area contributed by atoms with Crippen molar-refractivity contribution in [3.63, 3.8) is 0 Å². The van der Waals surface area contributed by atoms with Crippen LogP contribution in [0.1, 0.15) is 51.3 Å². The van der Waals surface area contributed by atoms with E-state index in [1.807, 2.05) is 12.4 Å². The fourth-order valence-electron chi connectivity index (χ4n) is 5.57. The van der Waals surface area contributed by atoms with E-state index < -0.39 is 0 Å². The van der Waals surface area contributed by atoms with E-state index in [1.54, 1.807) is 0 Å². The molecule has 3 heteroatoms. The van der Waals surface area contributed by atoms with Gasteiger partial charge in [0, 0.05) is 18.4 Å². The van der Waals surface area contributed by atoms with Crippen molar-refractivity contribution in [1.82, 2.24) is 15.3 Å². The first-order valence-corrected chi connectivity index (χ1v) is 7.95. The maximum absolute atomic E-state index is 4.32. The Bertz CT molecular complexity index is 402. The lowest BCUT2D eigenvalue weighted by Gasteiger charge is -2.59. The van der Waals surface area contributed by atoms with Gasteiger partial charge in [0.2, 0.25) is 0 Å². The monoisotopic (exact) mass is 259 g/mol. The third-order valence-corrected chi connectivity index (χ3v) is 6.13. The Morgan fingerprint density at radius 1 is 1.26 bits per heavy atom. The minimum atomic E-state index is 0.599. The van der Waals surface area contributed by atoms with Crippen molar-refractivity contribution in [1.29, 1.82) is 0 Å². The molecule has 1 atom stereocenters. The number of hydrogen-bond acceptors (Lipinski definition) is 2. The van der Waals surface area contributed by atoms with Crippen molar-refractivity contribution in [2.75, 3.05) is 0 Å². The van der Waals surface area contributed by atoms with Gasteiger partial charge >= 0.3 is 0 Å². The summed E-state index contributed by atoms with van der Waals surface area (Å²) in [5.74, 6) is 4.19. The van der Waals surface area contributed by atoms with Crippen LogP contribution in [-0.2, 0) is 6.54 Å². The Morgan fingerprint density at radius 3 is 2.42 bits per heavy atom. The normalized spacial score (nSPS) is 41.6. The molecule has 4 fully saturated rings. The third-order valence-electron chi connectivity index (χ3n) is 6.13. The van der Waals surface area contributed by atoms with E-state index in [9.17, 15) is 0 Å². The predicted octanol–water partition coefficient (Wildman–Crippen LogP) is 3.10. The minimum absolute atomic E-state index is 0.599. The Kier molecular flexibility index (Phi) is 2.73. The lowest BCUT2D eigenvalue weighted by molar-refractivity contribution is -0.0707. The van der Waals surface area contributed by atoms with Crippen LogP contribution in [0.3, 0.4) is 0 Å². The van der Waals surface area contributed by atoms with Gasteiger partial charge in [-0.1, -0.05) is 0 Å². The number of rotatable bonds is 4. The fourth-order valence-corrected chi connectivity index (χ4v) is 5.57. The molecule has 1 aromatic rings. The highest BCUT2D eigenvalue weighted by Crippen LogP contribution is 2.61. The van der Waals surface area contributed by atoms with Crippen LogP contribution in [0.2, 0.25) is 0 Å². The Morgan fingerprint density at radius 2 is 1.89 bits per heavy atom. The summed E-state index contributed by atoms with van der Waals surface area (Å²) in [6.45, 7) is 3.30. The maximum Gasteiger partial charge on any atom is 0.120 e. The first-order valence-electron chi connectivity index (χ1n) is 7.95. The average Bonchev–Trinajstić information content (AvgIpc) is 2.87. The standard InChI is InChI=1S/C16H25N3/c1-11(19-10-15-17-2-3-18-15)16-7-12-4-13(8-16)6-14(5-12)9-16/h2-3,11-14,19H,4-10H2,1H3,(H,17,18). The highest BCUT2D eigenvalue weighted by Gasteiger charge is 2.52. The molecular weight excluding hydrogens is 234 g/mol. The molecule has 19 heavy (non-hydrogen) atoms. The molecule has 104 valence electrons. The van der Waals surface area contributed by atoms with Gasteiger partial charge in [0.1, 0.15) is 5.82 Å². The van der Waals surface area contributed by atoms with Crippen LogP contribution in [0.15, 0.2) is 12.4 Å². The molecule has 0 radical (unpaired) electrons. The van der Waals surface area contributed by atoms with Crippen LogP contribution in [-0.4, -0.2) is 16.0 Å². The van der Waals surface area contributed by atoms with Crippen LogP contribution >= 0.6 is 0 Å². The second-order valence-electron chi connectivity index (χ2n) is 7.42. The zero-order valence-corrected chi connectivity index (χ0v) is 11.9. The zero-order valence-electron chi connectivity index (χ0n) is 11.9. The molecule has 0 aliphatic heterocycles. The van der Waals surface area contributed by atoms with Crippen molar-refractivity contribution in [3.05, 3.63) is 18.2 Å². The van der Waals surface area contributed by atoms with Crippen molar-refractivity contribution in [2.24, 2.45) is 23.2 Å². The molecular formula is C16H25N3. The van der Waals surface area contributed by atoms with Gasteiger partial charge in [0.25, 0.3) is 0 Å². The minimum Gasteiger partial charge on any atom is -0.348 e. The molecule has 0 aromatic carbocycles. The molecule has 1 unspecified atom stereocenters. The molecule has 4 aliphatic rings. The Balaban J connectivity index is 1.45. The highest BCUT2D eigenvalue weighted by molar-refractivity contribution is 5.05. The summed E-state index contributed by atoms with van der Waals surface area (Å²) in [4.78, 5) is 7.51. The second kappa shape index (κ2) is 4.34. The SMILES string of the molecule is CC(NCc1ncc[nH]1)C12CC3CC(CC(C3)C1)C2. The first kappa shape index (κ1) is 12.0. The van der Waals surface area contributed by atoms with Gasteiger partial charge in [-0.25, -0.2) is 4.98 Å². The van der Waals surface area contributed by atoms with Crippen LogP contribution in [0, 0.1) is 23.2 Å². The predicted molar refractivity (Wildman–Crippen MR) is 75.5 cm³/mol. The number of imidazole rings is 1. The number of aromatic amines is 1. The van der Waals surface area contributed by atoms with Crippen LogP contribution in [0.5, 0.6) is 0 Å². The Labute approximate surface area is 115 Å². The molecule has 3 nitrogen and oxygen atoms in total. The van der Waals surface area contributed by atoms with E-state index >= 15 is 0 Å². The van der Waals surface area contributed by atoms with Gasteiger partial charge in [-0.05, 0) is 68.6 Å². The van der Waals surface area contributed by atoms with E-state index in [-0.39, 0.29) is 0 Å². The van der Waals surface area contributed by atoms with Gasteiger partial charge in [-0.2, -0.15) is 0 Å². The van der Waals surface area contributed by atoms with Crippen LogP contribution in [0.25, 0.3) is 0 Å². The summed E-state index contributed by atoms with van der Waals surface area (Å²) in [5, 5.41) is 3.75. The van der Waals surface area contributed by atoms with Gasteiger partial charge in [0.15, 0.2) is 0 Å². The molecule has 5 rings (SSSR count). The van der Waals surface area contributed by atoms with Crippen LogP contribution in [0.4, 0.5) is 0 Å². The van der Waals surface area contributed by atoms with E-state index in [1.165, 1.54) is 38.5 Å². The summed E-state index contributed by atoms with van der Waals surface area (Å²) >= 11 is 0. The van der Waals surface area contributed by atoms with E-state index in [0.717, 1.165) is 30.1 Å². The van der Waals surface area contributed by atoms with Gasteiger partial charge in [-0.15, -0.1) is 0 Å². The zero-order chi connectivity index (χ0) is 12.9. The molecule has 4 aliphatic carbocycles. The summed E-state index contributed by atoms with van der Waals surface area (Å²) in [5.41, 5.74) is 0.599. The molecule has 4 bridgehead atoms. The molecule has 1 heterocycles. The third kappa shape index (κ3) is 2.03. The summed E-state index contributed by atoms with van der Waals surface area (Å²) in [6.07, 6.45) is 12.8. The number of H-pyrrole nitrogens is 1. The van der Waals surface area contributed by atoms with Gasteiger partial charge in [0.05, 0.1) is 6.54 Å². The Hall–Kier alpha value is -0.830. The number of aromatic nitrogens is 2. The molecule has 0 spiro atoms. The van der Waals surface area contributed by atoms with Crippen molar-refractivity contribution in [2.45, 2.75) is 58.0 Å². The summed E-state index contributed by atoms with van der Waals surface area (Å²) < 4.78 is 0. The second-order valence-corrected chi connectivity index (χ2v) is 7.42. The van der Waals surface area contributed by atoms with E-state index in [2.05, 4.69) is 22.2 Å². The maximum atomic E-state index is 4.32. The average molecular weight is 259 g/mol. The van der Waals surface area contributed by atoms with Crippen molar-refractivity contribution < 1.29 is 0 Å².